The second-order valence-corrected chi connectivity index (χ2v) is 3.63. The van der Waals surface area contributed by atoms with E-state index < -0.39 is 11.6 Å². The van der Waals surface area contributed by atoms with Gasteiger partial charge in [-0.15, -0.1) is 0 Å². The average molecular weight is 213 g/mol. The molecule has 1 aromatic carbocycles. The Hall–Kier alpha value is -1.45. The van der Waals surface area contributed by atoms with E-state index in [1.807, 2.05) is 0 Å². The van der Waals surface area contributed by atoms with Crippen molar-refractivity contribution in [2.75, 3.05) is 0 Å². The number of amides is 1. The quantitative estimate of drug-likeness (QED) is 0.817. The molecule has 0 fully saturated rings. The highest BCUT2D eigenvalue weighted by molar-refractivity contribution is 5.78. The van der Waals surface area contributed by atoms with Crippen LogP contribution in [0, 0.1) is 11.6 Å². The number of rotatable bonds is 3. The standard InChI is InChI=1S/C11H13F2NO/c1-7(2)14-11(15)6-8-5-9(12)3-4-10(8)13/h3-5,7H,6H2,1-2H3,(H,14,15). The van der Waals surface area contributed by atoms with Crippen LogP contribution in [-0.2, 0) is 11.2 Å². The lowest BCUT2D eigenvalue weighted by molar-refractivity contribution is -0.120. The zero-order valence-corrected chi connectivity index (χ0v) is 8.68. The molecule has 0 saturated carbocycles. The van der Waals surface area contributed by atoms with Gasteiger partial charge in [-0.1, -0.05) is 0 Å². The number of hydrogen-bond donors (Lipinski definition) is 1. The summed E-state index contributed by atoms with van der Waals surface area (Å²) < 4.78 is 25.9. The van der Waals surface area contributed by atoms with Crippen LogP contribution < -0.4 is 5.32 Å². The maximum Gasteiger partial charge on any atom is 0.224 e. The first-order chi connectivity index (χ1) is 6.99. The third-order valence-corrected chi connectivity index (χ3v) is 1.81. The number of carbonyl (C=O) groups is 1. The lowest BCUT2D eigenvalue weighted by atomic mass is 10.1. The fourth-order valence-corrected chi connectivity index (χ4v) is 1.22. The molecule has 4 heteroatoms. The number of nitrogens with one attached hydrogen (secondary N) is 1. The Morgan fingerprint density at radius 1 is 1.40 bits per heavy atom. The summed E-state index contributed by atoms with van der Waals surface area (Å²) in [4.78, 5) is 11.3. The lowest BCUT2D eigenvalue weighted by Crippen LogP contribution is -2.31. The summed E-state index contributed by atoms with van der Waals surface area (Å²) in [6, 6.07) is 3.08. The van der Waals surface area contributed by atoms with Gasteiger partial charge in [0.25, 0.3) is 0 Å². The van der Waals surface area contributed by atoms with E-state index in [2.05, 4.69) is 5.32 Å². The summed E-state index contributed by atoms with van der Waals surface area (Å²) in [5, 5.41) is 2.61. The van der Waals surface area contributed by atoms with Crippen LogP contribution in [0.5, 0.6) is 0 Å². The first-order valence-electron chi connectivity index (χ1n) is 4.72. The SMILES string of the molecule is CC(C)NC(=O)Cc1cc(F)ccc1F. The lowest BCUT2D eigenvalue weighted by Gasteiger charge is -2.08. The minimum absolute atomic E-state index is 0.00544. The van der Waals surface area contributed by atoms with E-state index >= 15 is 0 Å². The van der Waals surface area contributed by atoms with Gasteiger partial charge < -0.3 is 5.32 Å². The molecule has 0 unspecified atom stereocenters. The van der Waals surface area contributed by atoms with Gasteiger partial charge in [0.15, 0.2) is 0 Å². The summed E-state index contributed by atoms with van der Waals surface area (Å²) in [6.45, 7) is 3.61. The highest BCUT2D eigenvalue weighted by Gasteiger charge is 2.09. The molecule has 0 atom stereocenters. The molecular formula is C11H13F2NO. The minimum Gasteiger partial charge on any atom is -0.354 e. The van der Waals surface area contributed by atoms with Gasteiger partial charge in [-0.3, -0.25) is 4.79 Å². The van der Waals surface area contributed by atoms with E-state index in [4.69, 9.17) is 0 Å². The Morgan fingerprint density at radius 2 is 2.07 bits per heavy atom. The van der Waals surface area contributed by atoms with Gasteiger partial charge in [0.05, 0.1) is 6.42 Å². The van der Waals surface area contributed by atoms with Crippen LogP contribution in [0.15, 0.2) is 18.2 Å². The predicted octanol–water partition coefficient (Wildman–Crippen LogP) is 2.03. The van der Waals surface area contributed by atoms with Crippen LogP contribution >= 0.6 is 0 Å². The molecule has 15 heavy (non-hydrogen) atoms. The fourth-order valence-electron chi connectivity index (χ4n) is 1.22. The van der Waals surface area contributed by atoms with Gasteiger partial charge in [0.1, 0.15) is 11.6 Å². The molecule has 1 amide bonds. The summed E-state index contributed by atoms with van der Waals surface area (Å²) in [6.07, 6.45) is -0.137. The molecule has 0 radical (unpaired) electrons. The smallest absolute Gasteiger partial charge is 0.224 e. The van der Waals surface area contributed by atoms with Crippen molar-refractivity contribution < 1.29 is 13.6 Å². The van der Waals surface area contributed by atoms with Gasteiger partial charge >= 0.3 is 0 Å². The third kappa shape index (κ3) is 3.65. The first kappa shape index (κ1) is 11.6. The fraction of sp³-hybridized carbons (Fsp3) is 0.364. The van der Waals surface area contributed by atoms with E-state index in [9.17, 15) is 13.6 Å². The minimum atomic E-state index is -0.560. The van der Waals surface area contributed by atoms with E-state index in [1.54, 1.807) is 13.8 Å². The van der Waals surface area contributed by atoms with Crippen LogP contribution in [0.1, 0.15) is 19.4 Å². The van der Waals surface area contributed by atoms with Crippen LogP contribution in [0.4, 0.5) is 8.78 Å². The first-order valence-corrected chi connectivity index (χ1v) is 4.72. The van der Waals surface area contributed by atoms with Gasteiger partial charge in [0, 0.05) is 11.6 Å². The number of benzene rings is 1. The number of carbonyl (C=O) groups excluding carboxylic acids is 1. The van der Waals surface area contributed by atoms with Crippen LogP contribution in [-0.4, -0.2) is 11.9 Å². The van der Waals surface area contributed by atoms with Crippen molar-refractivity contribution >= 4 is 5.91 Å². The molecular weight excluding hydrogens is 200 g/mol. The van der Waals surface area contributed by atoms with Crippen molar-refractivity contribution in [3.8, 4) is 0 Å². The van der Waals surface area contributed by atoms with E-state index in [1.165, 1.54) is 0 Å². The van der Waals surface area contributed by atoms with Crippen molar-refractivity contribution in [2.45, 2.75) is 26.3 Å². The summed E-state index contributed by atoms with van der Waals surface area (Å²) in [5.74, 6) is -1.41. The molecule has 1 rings (SSSR count). The van der Waals surface area contributed by atoms with E-state index in [0.29, 0.717) is 0 Å². The highest BCUT2D eigenvalue weighted by Crippen LogP contribution is 2.10. The van der Waals surface area contributed by atoms with E-state index in [-0.39, 0.29) is 23.9 Å². The Kier molecular flexibility index (Phi) is 3.77. The van der Waals surface area contributed by atoms with Gasteiger partial charge in [-0.05, 0) is 32.0 Å². The molecule has 0 saturated heterocycles. The predicted molar refractivity (Wildman–Crippen MR) is 53.3 cm³/mol. The molecule has 0 aromatic heterocycles. The van der Waals surface area contributed by atoms with Crippen molar-refractivity contribution in [2.24, 2.45) is 0 Å². The molecule has 0 aliphatic rings. The Bertz CT molecular complexity index is 364. The molecule has 1 N–H and O–H groups in total. The van der Waals surface area contributed by atoms with Crippen molar-refractivity contribution in [3.63, 3.8) is 0 Å². The Balaban J connectivity index is 2.71. The molecule has 82 valence electrons. The molecule has 0 spiro atoms. The maximum atomic E-state index is 13.1. The topological polar surface area (TPSA) is 29.1 Å². The summed E-state index contributed by atoms with van der Waals surface area (Å²) in [7, 11) is 0. The zero-order valence-electron chi connectivity index (χ0n) is 8.68. The van der Waals surface area contributed by atoms with Gasteiger partial charge in [-0.25, -0.2) is 8.78 Å². The molecule has 0 aliphatic carbocycles. The summed E-state index contributed by atoms with van der Waals surface area (Å²) in [5.41, 5.74) is 0.0770. The van der Waals surface area contributed by atoms with Crippen molar-refractivity contribution in [1.82, 2.24) is 5.32 Å². The second-order valence-electron chi connectivity index (χ2n) is 3.63. The number of halogens is 2. The van der Waals surface area contributed by atoms with Crippen LogP contribution in [0.3, 0.4) is 0 Å². The van der Waals surface area contributed by atoms with Gasteiger partial charge in [0.2, 0.25) is 5.91 Å². The van der Waals surface area contributed by atoms with Crippen LogP contribution in [0.25, 0.3) is 0 Å². The Labute approximate surface area is 87.3 Å². The summed E-state index contributed by atoms with van der Waals surface area (Å²) >= 11 is 0. The molecule has 1 aromatic rings. The maximum absolute atomic E-state index is 13.1. The Morgan fingerprint density at radius 3 is 2.67 bits per heavy atom. The largest absolute Gasteiger partial charge is 0.354 e. The second kappa shape index (κ2) is 4.87. The van der Waals surface area contributed by atoms with Crippen molar-refractivity contribution in [3.05, 3.63) is 35.4 Å². The van der Waals surface area contributed by atoms with Crippen LogP contribution in [0.2, 0.25) is 0 Å². The molecule has 2 nitrogen and oxygen atoms in total. The van der Waals surface area contributed by atoms with Crippen molar-refractivity contribution in [1.29, 1.82) is 0 Å². The monoisotopic (exact) mass is 213 g/mol. The molecule has 0 bridgehead atoms. The normalized spacial score (nSPS) is 10.5. The molecule has 0 heterocycles. The highest BCUT2D eigenvalue weighted by atomic mass is 19.1. The molecule has 0 aliphatic heterocycles. The average Bonchev–Trinajstić information content (AvgIpc) is 2.10. The zero-order chi connectivity index (χ0) is 11.4. The van der Waals surface area contributed by atoms with Gasteiger partial charge in [-0.2, -0.15) is 0 Å². The number of hydrogen-bond acceptors (Lipinski definition) is 1. The third-order valence-electron chi connectivity index (χ3n) is 1.81. The van der Waals surface area contributed by atoms with E-state index in [0.717, 1.165) is 18.2 Å².